The van der Waals surface area contributed by atoms with Gasteiger partial charge in [-0.1, -0.05) is 13.0 Å². The summed E-state index contributed by atoms with van der Waals surface area (Å²) in [5, 5.41) is 3.30. The largest absolute Gasteiger partial charge is 0.379 e. The van der Waals surface area contributed by atoms with Crippen molar-refractivity contribution in [2.24, 2.45) is 5.92 Å². The van der Waals surface area contributed by atoms with E-state index in [0.717, 1.165) is 13.1 Å². The van der Waals surface area contributed by atoms with Gasteiger partial charge < -0.3 is 15.0 Å². The second-order valence-corrected chi connectivity index (χ2v) is 3.97. The smallest absolute Gasteiger partial charge is 0.229 e. The number of likely N-dealkylation sites (N-methyl/N-ethyl adjacent to an activating group) is 2. The Morgan fingerprint density at radius 3 is 2.88 bits per heavy atom. The first-order valence-electron chi connectivity index (χ1n) is 5.95. The van der Waals surface area contributed by atoms with Crippen molar-refractivity contribution >= 4 is 5.91 Å². The van der Waals surface area contributed by atoms with Crippen LogP contribution in [-0.2, 0) is 9.53 Å². The molecule has 0 saturated carbocycles. The lowest BCUT2D eigenvalue weighted by molar-refractivity contribution is -0.135. The lowest BCUT2D eigenvalue weighted by atomic mass is 10.0. The average molecular weight is 226 g/mol. The monoisotopic (exact) mass is 226 g/mol. The molecule has 92 valence electrons. The summed E-state index contributed by atoms with van der Waals surface area (Å²) in [6, 6.07) is 0.163. The Balaban J connectivity index is 2.59. The Kier molecular flexibility index (Phi) is 5.49. The topological polar surface area (TPSA) is 41.6 Å². The van der Waals surface area contributed by atoms with Gasteiger partial charge >= 0.3 is 0 Å². The number of ether oxygens (including phenoxy) is 1. The summed E-state index contributed by atoms with van der Waals surface area (Å²) < 4.78 is 5.38. The van der Waals surface area contributed by atoms with Crippen LogP contribution in [0.3, 0.4) is 0 Å². The standard InChI is InChI=1S/C12H22N2O2/c1-4-7-14(6-3)12(15)10-8-16-9-11(10)13-5-2/h4,10-11,13H,1,5-9H2,2-3H3. The van der Waals surface area contributed by atoms with Crippen molar-refractivity contribution < 1.29 is 9.53 Å². The average Bonchev–Trinajstić information content (AvgIpc) is 2.73. The van der Waals surface area contributed by atoms with E-state index in [1.807, 2.05) is 18.7 Å². The number of hydrogen-bond acceptors (Lipinski definition) is 3. The number of rotatable bonds is 6. The zero-order valence-electron chi connectivity index (χ0n) is 10.2. The Hall–Kier alpha value is -0.870. The van der Waals surface area contributed by atoms with E-state index < -0.39 is 0 Å². The van der Waals surface area contributed by atoms with Gasteiger partial charge in [-0.2, -0.15) is 0 Å². The van der Waals surface area contributed by atoms with Crippen molar-refractivity contribution in [1.82, 2.24) is 10.2 Å². The molecule has 1 aliphatic heterocycles. The van der Waals surface area contributed by atoms with E-state index in [0.29, 0.717) is 19.8 Å². The van der Waals surface area contributed by atoms with Gasteiger partial charge in [0.15, 0.2) is 0 Å². The van der Waals surface area contributed by atoms with Crippen molar-refractivity contribution in [2.75, 3.05) is 32.8 Å². The van der Waals surface area contributed by atoms with Crippen molar-refractivity contribution in [3.63, 3.8) is 0 Å². The van der Waals surface area contributed by atoms with Gasteiger partial charge in [0.05, 0.1) is 19.1 Å². The maximum absolute atomic E-state index is 12.2. The Labute approximate surface area is 97.6 Å². The molecule has 1 aliphatic rings. The Bertz CT molecular complexity index is 243. The molecule has 0 aromatic heterocycles. The molecule has 0 bridgehead atoms. The first-order valence-corrected chi connectivity index (χ1v) is 5.95. The van der Waals surface area contributed by atoms with Crippen LogP contribution in [0.25, 0.3) is 0 Å². The summed E-state index contributed by atoms with van der Waals surface area (Å²) in [4.78, 5) is 14.0. The summed E-state index contributed by atoms with van der Waals surface area (Å²) in [6.07, 6.45) is 1.76. The maximum Gasteiger partial charge on any atom is 0.229 e. The highest BCUT2D eigenvalue weighted by atomic mass is 16.5. The predicted molar refractivity (Wildman–Crippen MR) is 64.2 cm³/mol. The fourth-order valence-corrected chi connectivity index (χ4v) is 2.03. The molecule has 2 unspecified atom stereocenters. The van der Waals surface area contributed by atoms with Gasteiger partial charge in [0, 0.05) is 19.1 Å². The normalized spacial score (nSPS) is 24.4. The van der Waals surface area contributed by atoms with Crippen molar-refractivity contribution in [2.45, 2.75) is 19.9 Å². The second-order valence-electron chi connectivity index (χ2n) is 3.97. The molecule has 1 rings (SSSR count). The van der Waals surface area contributed by atoms with Gasteiger partial charge in [-0.05, 0) is 13.5 Å². The number of carbonyl (C=O) groups is 1. The molecule has 16 heavy (non-hydrogen) atoms. The SMILES string of the molecule is C=CCN(CC)C(=O)C1COCC1NCC. The number of carbonyl (C=O) groups excluding carboxylic acids is 1. The van der Waals surface area contributed by atoms with Crippen LogP contribution in [0.5, 0.6) is 0 Å². The summed E-state index contributed by atoms with van der Waals surface area (Å²) in [7, 11) is 0. The van der Waals surface area contributed by atoms with Crippen LogP contribution in [-0.4, -0.2) is 49.7 Å². The minimum absolute atomic E-state index is 0.0418. The molecular weight excluding hydrogens is 204 g/mol. The third-order valence-corrected chi connectivity index (χ3v) is 2.91. The van der Waals surface area contributed by atoms with Crippen LogP contribution in [0.1, 0.15) is 13.8 Å². The Morgan fingerprint density at radius 2 is 2.31 bits per heavy atom. The summed E-state index contributed by atoms with van der Waals surface area (Å²) >= 11 is 0. The summed E-state index contributed by atoms with van der Waals surface area (Å²) in [5.74, 6) is 0.130. The molecule has 0 radical (unpaired) electrons. The third kappa shape index (κ3) is 3.06. The molecule has 2 atom stereocenters. The van der Waals surface area contributed by atoms with E-state index in [1.165, 1.54) is 0 Å². The zero-order valence-corrected chi connectivity index (χ0v) is 10.2. The van der Waals surface area contributed by atoms with E-state index in [9.17, 15) is 4.79 Å². The van der Waals surface area contributed by atoms with Gasteiger partial charge in [0.1, 0.15) is 0 Å². The zero-order chi connectivity index (χ0) is 12.0. The molecule has 1 fully saturated rings. The van der Waals surface area contributed by atoms with Crippen LogP contribution < -0.4 is 5.32 Å². The maximum atomic E-state index is 12.2. The molecular formula is C12H22N2O2. The predicted octanol–water partition coefficient (Wildman–Crippen LogP) is 0.645. The molecule has 1 amide bonds. The van der Waals surface area contributed by atoms with Crippen molar-refractivity contribution in [3.8, 4) is 0 Å². The number of hydrogen-bond donors (Lipinski definition) is 1. The molecule has 4 heteroatoms. The number of nitrogens with zero attached hydrogens (tertiary/aromatic N) is 1. The van der Waals surface area contributed by atoms with Gasteiger partial charge in [0.2, 0.25) is 5.91 Å². The number of amides is 1. The molecule has 0 aromatic rings. The van der Waals surface area contributed by atoms with Gasteiger partial charge in [-0.25, -0.2) is 0 Å². The molecule has 0 aromatic carbocycles. The summed E-state index contributed by atoms with van der Waals surface area (Å²) in [5.41, 5.74) is 0. The highest BCUT2D eigenvalue weighted by Gasteiger charge is 2.35. The van der Waals surface area contributed by atoms with E-state index >= 15 is 0 Å². The van der Waals surface area contributed by atoms with Crippen LogP contribution in [0.15, 0.2) is 12.7 Å². The molecule has 0 spiro atoms. The molecule has 1 heterocycles. The van der Waals surface area contributed by atoms with Crippen LogP contribution >= 0.6 is 0 Å². The fourth-order valence-electron chi connectivity index (χ4n) is 2.03. The van der Waals surface area contributed by atoms with E-state index in [-0.39, 0.29) is 17.9 Å². The van der Waals surface area contributed by atoms with Crippen LogP contribution in [0, 0.1) is 5.92 Å². The van der Waals surface area contributed by atoms with Crippen LogP contribution in [0.4, 0.5) is 0 Å². The highest BCUT2D eigenvalue weighted by Crippen LogP contribution is 2.16. The van der Waals surface area contributed by atoms with Gasteiger partial charge in [0.25, 0.3) is 0 Å². The second kappa shape index (κ2) is 6.66. The van der Waals surface area contributed by atoms with Crippen molar-refractivity contribution in [1.29, 1.82) is 0 Å². The molecule has 1 N–H and O–H groups in total. The minimum atomic E-state index is -0.0418. The van der Waals surface area contributed by atoms with Gasteiger partial charge in [-0.15, -0.1) is 6.58 Å². The van der Waals surface area contributed by atoms with Gasteiger partial charge in [-0.3, -0.25) is 4.79 Å². The molecule has 0 aliphatic carbocycles. The highest BCUT2D eigenvalue weighted by molar-refractivity contribution is 5.80. The quantitative estimate of drug-likeness (QED) is 0.676. The molecule has 4 nitrogen and oxygen atoms in total. The van der Waals surface area contributed by atoms with Crippen molar-refractivity contribution in [3.05, 3.63) is 12.7 Å². The van der Waals surface area contributed by atoms with Crippen LogP contribution in [0.2, 0.25) is 0 Å². The molecule has 1 saturated heterocycles. The lowest BCUT2D eigenvalue weighted by Gasteiger charge is -2.25. The van der Waals surface area contributed by atoms with E-state index in [4.69, 9.17) is 4.74 Å². The fraction of sp³-hybridized carbons (Fsp3) is 0.750. The summed E-state index contributed by atoms with van der Waals surface area (Å²) in [6.45, 7) is 11.1. The minimum Gasteiger partial charge on any atom is -0.379 e. The third-order valence-electron chi connectivity index (χ3n) is 2.91. The van der Waals surface area contributed by atoms with E-state index in [2.05, 4.69) is 11.9 Å². The lowest BCUT2D eigenvalue weighted by Crippen LogP contribution is -2.45. The van der Waals surface area contributed by atoms with E-state index in [1.54, 1.807) is 6.08 Å². The first kappa shape index (κ1) is 13.2. The Morgan fingerprint density at radius 1 is 1.56 bits per heavy atom. The first-order chi connectivity index (χ1) is 7.74. The number of nitrogens with one attached hydrogen (secondary N) is 1.